The molecule has 1 fully saturated rings. The first-order valence-corrected chi connectivity index (χ1v) is 9.67. The number of nitrogens with one attached hydrogen (secondary N) is 2. The highest BCUT2D eigenvalue weighted by molar-refractivity contribution is 6.06. The molecule has 30 heavy (non-hydrogen) atoms. The highest BCUT2D eigenvalue weighted by Gasteiger charge is 2.21. The van der Waals surface area contributed by atoms with Gasteiger partial charge < -0.3 is 24.7 Å². The lowest BCUT2D eigenvalue weighted by Crippen LogP contribution is -2.51. The fourth-order valence-electron chi connectivity index (χ4n) is 3.64. The minimum atomic E-state index is -0.560. The lowest BCUT2D eigenvalue weighted by molar-refractivity contribution is 0.102. The van der Waals surface area contributed by atoms with E-state index >= 15 is 0 Å². The number of benzene rings is 1. The Labute approximate surface area is 172 Å². The van der Waals surface area contributed by atoms with E-state index in [0.29, 0.717) is 36.7 Å². The number of aromatic nitrogens is 2. The van der Waals surface area contributed by atoms with E-state index in [-0.39, 0.29) is 17.3 Å². The molecule has 1 unspecified atom stereocenters. The number of nitrogens with zero attached hydrogens (tertiary/aromatic N) is 3. The third-order valence-electron chi connectivity index (χ3n) is 5.15. The van der Waals surface area contributed by atoms with E-state index in [0.717, 1.165) is 5.69 Å². The first-order valence-electron chi connectivity index (χ1n) is 9.67. The average molecular weight is 415 g/mol. The average Bonchev–Trinajstić information content (AvgIpc) is 3.13. The van der Waals surface area contributed by atoms with Gasteiger partial charge in [-0.05, 0) is 25.1 Å². The van der Waals surface area contributed by atoms with Crippen molar-refractivity contribution >= 4 is 22.9 Å². The quantitative estimate of drug-likeness (QED) is 0.671. The lowest BCUT2D eigenvalue weighted by atomic mass is 10.1. The van der Waals surface area contributed by atoms with Crippen LogP contribution >= 0.6 is 0 Å². The van der Waals surface area contributed by atoms with E-state index < -0.39 is 18.4 Å². The molecule has 3 heterocycles. The molecule has 2 N–H and O–H groups in total. The van der Waals surface area contributed by atoms with E-state index in [4.69, 9.17) is 4.74 Å². The summed E-state index contributed by atoms with van der Waals surface area (Å²) in [5, 5.41) is 5.68. The van der Waals surface area contributed by atoms with Gasteiger partial charge in [0.25, 0.3) is 5.91 Å². The number of methoxy groups -OCH3 is 1. The van der Waals surface area contributed by atoms with Crippen molar-refractivity contribution in [3.8, 4) is 5.75 Å². The van der Waals surface area contributed by atoms with Crippen molar-refractivity contribution in [2.45, 2.75) is 13.0 Å². The summed E-state index contributed by atoms with van der Waals surface area (Å²) >= 11 is 0. The second kappa shape index (κ2) is 8.27. The van der Waals surface area contributed by atoms with Crippen molar-refractivity contribution in [3.05, 3.63) is 53.7 Å². The molecule has 1 atom stereocenters. The van der Waals surface area contributed by atoms with E-state index in [9.17, 15) is 13.6 Å². The Morgan fingerprint density at radius 2 is 2.20 bits per heavy atom. The Morgan fingerprint density at radius 1 is 1.37 bits per heavy atom. The van der Waals surface area contributed by atoms with Crippen LogP contribution in [0.5, 0.6) is 5.75 Å². The van der Waals surface area contributed by atoms with Crippen LogP contribution < -0.4 is 20.3 Å². The molecule has 1 aliphatic rings. The van der Waals surface area contributed by atoms with Gasteiger partial charge in [0.15, 0.2) is 0 Å². The van der Waals surface area contributed by atoms with E-state index in [2.05, 4.69) is 15.6 Å². The van der Waals surface area contributed by atoms with Gasteiger partial charge in [-0.3, -0.25) is 4.79 Å². The number of anilines is 2. The minimum Gasteiger partial charge on any atom is -0.496 e. The van der Waals surface area contributed by atoms with Gasteiger partial charge in [-0.2, -0.15) is 0 Å². The molecule has 158 valence electrons. The van der Waals surface area contributed by atoms with Crippen molar-refractivity contribution in [3.63, 3.8) is 0 Å². The van der Waals surface area contributed by atoms with Gasteiger partial charge in [-0.25, -0.2) is 13.8 Å². The van der Waals surface area contributed by atoms with Gasteiger partial charge in [0.1, 0.15) is 23.9 Å². The van der Waals surface area contributed by atoms with Gasteiger partial charge >= 0.3 is 0 Å². The summed E-state index contributed by atoms with van der Waals surface area (Å²) in [6.07, 6.45) is 3.40. The number of hydrogen-bond donors (Lipinski definition) is 2. The first kappa shape index (κ1) is 20.1. The third-order valence-corrected chi connectivity index (χ3v) is 5.15. The molecule has 0 aliphatic carbocycles. The molecule has 0 saturated carbocycles. The molecular formula is C21H23F2N5O2. The molecule has 7 nitrogen and oxygen atoms in total. The minimum absolute atomic E-state index is 0.0601. The van der Waals surface area contributed by atoms with Crippen molar-refractivity contribution in [1.29, 1.82) is 0 Å². The largest absolute Gasteiger partial charge is 0.496 e. The molecule has 0 bridgehead atoms. The highest BCUT2D eigenvalue weighted by atomic mass is 19.1. The number of pyridine rings is 1. The summed E-state index contributed by atoms with van der Waals surface area (Å²) in [4.78, 5) is 19.1. The molecule has 4 rings (SSSR count). The monoisotopic (exact) mass is 415 g/mol. The first-order chi connectivity index (χ1) is 14.5. The zero-order valence-electron chi connectivity index (χ0n) is 16.8. The summed E-state index contributed by atoms with van der Waals surface area (Å²) in [6, 6.07) is 5.99. The van der Waals surface area contributed by atoms with Crippen molar-refractivity contribution < 1.29 is 18.3 Å². The Hall–Kier alpha value is -3.20. The maximum Gasteiger partial charge on any atom is 0.261 e. The summed E-state index contributed by atoms with van der Waals surface area (Å²) < 4.78 is 34.7. The predicted molar refractivity (Wildman–Crippen MR) is 111 cm³/mol. The van der Waals surface area contributed by atoms with Crippen LogP contribution in [0.25, 0.3) is 5.65 Å². The molecule has 0 spiro atoms. The standard InChI is InChI=1S/C21H23F2N5O2/c1-13-10-28-12-16(19(30-2)8-20(28)25-13)21(29)26-18-4-3-15(7-17(18)23)27-6-5-24-14(9-22)11-27/h3-4,7-8,10,12,14,24H,5-6,9,11H2,1-2H3,(H,26,29). The van der Waals surface area contributed by atoms with Gasteiger partial charge in [0.2, 0.25) is 0 Å². The smallest absolute Gasteiger partial charge is 0.261 e. The molecule has 9 heteroatoms. The van der Waals surface area contributed by atoms with Gasteiger partial charge in [0.05, 0.1) is 30.1 Å². The number of halogens is 2. The SMILES string of the molecule is COc1cc2nc(C)cn2cc1C(=O)Nc1ccc(N2CCNC(CF)C2)cc1F. The summed E-state index contributed by atoms with van der Waals surface area (Å²) in [5.74, 6) is -0.707. The predicted octanol–water partition coefficient (Wildman–Crippen LogP) is 2.79. The van der Waals surface area contributed by atoms with Crippen LogP contribution in [0.4, 0.5) is 20.2 Å². The lowest BCUT2D eigenvalue weighted by Gasteiger charge is -2.34. The molecular weight excluding hydrogens is 392 g/mol. The van der Waals surface area contributed by atoms with Crippen LogP contribution in [0, 0.1) is 12.7 Å². The Balaban J connectivity index is 1.55. The fraction of sp³-hybridized carbons (Fsp3) is 0.333. The van der Waals surface area contributed by atoms with Crippen LogP contribution in [0.15, 0.2) is 36.7 Å². The zero-order valence-corrected chi connectivity index (χ0v) is 16.8. The number of carbonyl (C=O) groups excluding carboxylic acids is 1. The number of ether oxygens (including phenoxy) is 1. The molecule has 2 aromatic heterocycles. The van der Waals surface area contributed by atoms with E-state index in [1.807, 2.05) is 11.8 Å². The number of rotatable bonds is 5. The van der Waals surface area contributed by atoms with Crippen molar-refractivity contribution in [1.82, 2.24) is 14.7 Å². The number of amides is 1. The fourth-order valence-corrected chi connectivity index (χ4v) is 3.64. The maximum absolute atomic E-state index is 14.7. The summed E-state index contributed by atoms with van der Waals surface area (Å²) in [5.41, 5.74) is 2.43. The molecule has 1 saturated heterocycles. The molecule has 3 aromatic rings. The normalized spacial score (nSPS) is 16.7. The number of imidazole rings is 1. The molecule has 0 radical (unpaired) electrons. The molecule has 1 amide bonds. The number of hydrogen-bond acceptors (Lipinski definition) is 5. The highest BCUT2D eigenvalue weighted by Crippen LogP contribution is 2.26. The van der Waals surface area contributed by atoms with Gasteiger partial charge in [0, 0.05) is 43.8 Å². The number of fused-ring (bicyclic) bond motifs is 1. The second-order valence-corrected chi connectivity index (χ2v) is 7.27. The van der Waals surface area contributed by atoms with E-state index in [1.54, 1.807) is 28.9 Å². The van der Waals surface area contributed by atoms with Crippen LogP contribution in [0.3, 0.4) is 0 Å². The number of alkyl halides is 1. The Morgan fingerprint density at radius 3 is 2.93 bits per heavy atom. The number of piperazine rings is 1. The summed E-state index contributed by atoms with van der Waals surface area (Å²) in [6.45, 7) is 3.12. The van der Waals surface area contributed by atoms with Gasteiger partial charge in [-0.15, -0.1) is 0 Å². The second-order valence-electron chi connectivity index (χ2n) is 7.27. The summed E-state index contributed by atoms with van der Waals surface area (Å²) in [7, 11) is 1.46. The van der Waals surface area contributed by atoms with Crippen LogP contribution in [0.2, 0.25) is 0 Å². The number of carbonyl (C=O) groups is 1. The maximum atomic E-state index is 14.7. The molecule has 1 aromatic carbocycles. The van der Waals surface area contributed by atoms with Crippen LogP contribution in [-0.4, -0.2) is 54.8 Å². The topological polar surface area (TPSA) is 70.9 Å². The number of aryl methyl sites for hydroxylation is 1. The van der Waals surface area contributed by atoms with Crippen LogP contribution in [0.1, 0.15) is 16.1 Å². The van der Waals surface area contributed by atoms with Crippen molar-refractivity contribution in [2.24, 2.45) is 0 Å². The zero-order chi connectivity index (χ0) is 21.3. The third kappa shape index (κ3) is 3.93. The van der Waals surface area contributed by atoms with E-state index in [1.165, 1.54) is 19.2 Å². The Bertz CT molecular complexity index is 1080. The van der Waals surface area contributed by atoms with Crippen LogP contribution in [-0.2, 0) is 0 Å². The van der Waals surface area contributed by atoms with Crippen molar-refractivity contribution in [2.75, 3.05) is 43.6 Å². The Kier molecular flexibility index (Phi) is 5.54. The van der Waals surface area contributed by atoms with Gasteiger partial charge in [-0.1, -0.05) is 0 Å². The molecule has 1 aliphatic heterocycles.